The number of rotatable bonds is 6. The Morgan fingerprint density at radius 3 is 2.12 bits per heavy atom. The van der Waals surface area contributed by atoms with E-state index in [4.69, 9.17) is 16.3 Å². The molecule has 2 aromatic rings. The highest BCUT2D eigenvalue weighted by molar-refractivity contribution is 6.34. The smallest absolute Gasteiger partial charge is 0.275 e. The van der Waals surface area contributed by atoms with Crippen molar-refractivity contribution in [3.8, 4) is 5.75 Å². The number of benzene rings is 2. The molecule has 8 heteroatoms. The van der Waals surface area contributed by atoms with Crippen LogP contribution in [-0.2, 0) is 9.59 Å². The van der Waals surface area contributed by atoms with E-state index < -0.39 is 41.4 Å². The number of hydrogen-bond donors (Lipinski definition) is 0. The lowest BCUT2D eigenvalue weighted by Crippen LogP contribution is -2.56. The van der Waals surface area contributed by atoms with Crippen LogP contribution < -0.4 is 4.74 Å². The van der Waals surface area contributed by atoms with E-state index in [1.54, 1.807) is 42.5 Å². The quantitative estimate of drug-likeness (QED) is 0.469. The Balaban J connectivity index is 1.75. The van der Waals surface area contributed by atoms with Gasteiger partial charge in [-0.05, 0) is 56.2 Å². The van der Waals surface area contributed by atoms with Crippen molar-refractivity contribution < 1.29 is 23.9 Å². The lowest BCUT2D eigenvalue weighted by molar-refractivity contribution is -0.156. The summed E-state index contributed by atoms with van der Waals surface area (Å²) in [5.41, 5.74) is 0.445. The molecule has 4 rings (SSSR count). The Morgan fingerprint density at radius 1 is 1.00 bits per heavy atom. The number of carbonyl (C=O) groups is 4. The van der Waals surface area contributed by atoms with Crippen LogP contribution in [0.25, 0.3) is 0 Å². The summed E-state index contributed by atoms with van der Waals surface area (Å²) >= 11 is 6.26. The van der Waals surface area contributed by atoms with Gasteiger partial charge in [-0.1, -0.05) is 36.6 Å². The molecule has 3 amide bonds. The van der Waals surface area contributed by atoms with Crippen LogP contribution in [0.5, 0.6) is 5.75 Å². The van der Waals surface area contributed by atoms with E-state index in [1.807, 2.05) is 0 Å². The minimum atomic E-state index is -1.12. The maximum absolute atomic E-state index is 13.7. The summed E-state index contributed by atoms with van der Waals surface area (Å²) in [7, 11) is 1.52. The highest BCUT2D eigenvalue weighted by atomic mass is 35.5. The molecule has 1 heterocycles. The number of carbonyl (C=O) groups excluding carboxylic acids is 4. The molecule has 33 heavy (non-hydrogen) atoms. The first kappa shape index (κ1) is 23.0. The Hall–Kier alpha value is -3.19. The molecule has 0 aromatic heterocycles. The molecule has 2 aliphatic rings. The number of methoxy groups -OCH3 is 1. The summed E-state index contributed by atoms with van der Waals surface area (Å²) in [6, 6.07) is 11.7. The van der Waals surface area contributed by atoms with Crippen molar-refractivity contribution in [1.82, 2.24) is 10.0 Å². The van der Waals surface area contributed by atoms with Gasteiger partial charge in [0.2, 0.25) is 0 Å². The molecular weight excluding hydrogens is 444 g/mol. The fourth-order valence-electron chi connectivity index (χ4n) is 4.66. The molecule has 1 saturated heterocycles. The third-order valence-corrected chi connectivity index (χ3v) is 6.80. The number of ketones is 1. The first-order valence-electron chi connectivity index (χ1n) is 11.0. The van der Waals surface area contributed by atoms with E-state index in [1.165, 1.54) is 20.1 Å². The number of fused-ring (bicyclic) bond motifs is 1. The topological polar surface area (TPSA) is 84.0 Å². The van der Waals surface area contributed by atoms with Crippen molar-refractivity contribution in [3.05, 3.63) is 64.7 Å². The van der Waals surface area contributed by atoms with E-state index in [-0.39, 0.29) is 10.6 Å². The van der Waals surface area contributed by atoms with Gasteiger partial charge in [-0.3, -0.25) is 19.2 Å². The maximum Gasteiger partial charge on any atom is 0.275 e. The molecule has 0 unspecified atom stereocenters. The van der Waals surface area contributed by atoms with Crippen molar-refractivity contribution in [2.24, 2.45) is 11.8 Å². The van der Waals surface area contributed by atoms with Crippen LogP contribution in [0.2, 0.25) is 5.02 Å². The fraction of sp³-hybridized carbons (Fsp3) is 0.360. The maximum atomic E-state index is 13.7. The third kappa shape index (κ3) is 4.13. The summed E-state index contributed by atoms with van der Waals surface area (Å²) in [5.74, 6) is -2.29. The summed E-state index contributed by atoms with van der Waals surface area (Å²) in [4.78, 5) is 53.6. The molecule has 172 valence electrons. The van der Waals surface area contributed by atoms with E-state index in [0.717, 1.165) is 22.9 Å². The molecule has 1 aliphatic heterocycles. The number of imide groups is 1. The highest BCUT2D eigenvalue weighted by Gasteiger charge is 2.53. The normalized spacial score (nSPS) is 20.9. The molecule has 7 nitrogen and oxygen atoms in total. The molecule has 0 spiro atoms. The zero-order valence-corrected chi connectivity index (χ0v) is 19.2. The first-order valence-corrected chi connectivity index (χ1v) is 11.4. The zero-order valence-electron chi connectivity index (χ0n) is 18.5. The van der Waals surface area contributed by atoms with Gasteiger partial charge in [0.15, 0.2) is 5.78 Å². The predicted octanol–water partition coefficient (Wildman–Crippen LogP) is 4.15. The Labute approximate surface area is 197 Å². The second-order valence-corrected chi connectivity index (χ2v) is 8.79. The van der Waals surface area contributed by atoms with Crippen LogP contribution in [0.1, 0.15) is 53.3 Å². The van der Waals surface area contributed by atoms with Gasteiger partial charge in [0.05, 0.1) is 29.5 Å². The fourth-order valence-corrected chi connectivity index (χ4v) is 4.88. The summed E-state index contributed by atoms with van der Waals surface area (Å²) in [6.07, 6.45) is 2.90. The van der Waals surface area contributed by atoms with Crippen LogP contribution >= 0.6 is 11.6 Å². The first-order chi connectivity index (χ1) is 15.8. The molecule has 0 N–H and O–H groups in total. The SMILES string of the molecule is COc1ccc(C(=O)[C@H](C)N(C(=O)c2ccccc2Cl)N2C(=O)[C@H]3CCCC[C@H]3C2=O)cc1. The van der Waals surface area contributed by atoms with Gasteiger partial charge in [-0.15, -0.1) is 0 Å². The molecule has 0 radical (unpaired) electrons. The second-order valence-electron chi connectivity index (χ2n) is 8.38. The van der Waals surface area contributed by atoms with Crippen LogP contribution in [0.15, 0.2) is 48.5 Å². The number of amides is 3. The predicted molar refractivity (Wildman–Crippen MR) is 122 cm³/mol. The average molecular weight is 469 g/mol. The molecular formula is C25H25ClN2O5. The highest BCUT2D eigenvalue weighted by Crippen LogP contribution is 2.39. The van der Waals surface area contributed by atoms with Crippen LogP contribution in [0.4, 0.5) is 0 Å². The largest absolute Gasteiger partial charge is 0.497 e. The zero-order chi connectivity index (χ0) is 23.7. The monoisotopic (exact) mass is 468 g/mol. The number of hydrogen-bond acceptors (Lipinski definition) is 5. The minimum absolute atomic E-state index is 0.115. The van der Waals surface area contributed by atoms with Gasteiger partial charge in [-0.2, -0.15) is 5.01 Å². The number of hydrazine groups is 1. The van der Waals surface area contributed by atoms with Gasteiger partial charge in [0.25, 0.3) is 17.7 Å². The number of Topliss-reactive ketones (excluding diaryl/α,β-unsaturated/α-hetero) is 1. The second kappa shape index (κ2) is 9.35. The van der Waals surface area contributed by atoms with Gasteiger partial charge < -0.3 is 4.74 Å². The summed E-state index contributed by atoms with van der Waals surface area (Å²) in [5, 5.41) is 2.07. The van der Waals surface area contributed by atoms with Crippen molar-refractivity contribution >= 4 is 35.1 Å². The Bertz CT molecular complexity index is 1080. The van der Waals surface area contributed by atoms with E-state index in [0.29, 0.717) is 24.2 Å². The number of nitrogens with zero attached hydrogens (tertiary/aromatic N) is 2. The Kier molecular flexibility index (Phi) is 6.51. The summed E-state index contributed by atoms with van der Waals surface area (Å²) < 4.78 is 5.14. The molecule has 3 atom stereocenters. The van der Waals surface area contributed by atoms with Gasteiger partial charge in [0.1, 0.15) is 11.8 Å². The van der Waals surface area contributed by atoms with Crippen molar-refractivity contribution in [1.29, 1.82) is 0 Å². The number of ether oxygens (including phenoxy) is 1. The third-order valence-electron chi connectivity index (χ3n) is 6.47. The molecule has 1 aliphatic carbocycles. The van der Waals surface area contributed by atoms with Crippen molar-refractivity contribution in [2.45, 2.75) is 38.6 Å². The minimum Gasteiger partial charge on any atom is -0.497 e. The lowest BCUT2D eigenvalue weighted by atomic mass is 9.81. The average Bonchev–Trinajstić information content (AvgIpc) is 3.09. The standard InChI is InChI=1S/C25H25ClN2O5/c1-15(22(29)16-11-13-17(33-2)14-12-16)27(25(32)20-9-5-6-10-21(20)26)28-23(30)18-7-3-4-8-19(18)24(28)31/h5-6,9-15,18-19H,3-4,7-8H2,1-2H3/t15-,18-,19+/m0/s1. The van der Waals surface area contributed by atoms with E-state index in [9.17, 15) is 19.2 Å². The Morgan fingerprint density at radius 2 is 1.58 bits per heavy atom. The molecule has 2 fully saturated rings. The van der Waals surface area contributed by atoms with Crippen LogP contribution in [0.3, 0.4) is 0 Å². The van der Waals surface area contributed by atoms with E-state index >= 15 is 0 Å². The van der Waals surface area contributed by atoms with Crippen molar-refractivity contribution in [3.63, 3.8) is 0 Å². The van der Waals surface area contributed by atoms with Gasteiger partial charge in [-0.25, -0.2) is 5.01 Å². The van der Waals surface area contributed by atoms with Gasteiger partial charge in [0, 0.05) is 5.56 Å². The van der Waals surface area contributed by atoms with Crippen LogP contribution in [-0.4, -0.2) is 46.7 Å². The lowest BCUT2D eigenvalue weighted by Gasteiger charge is -2.35. The van der Waals surface area contributed by atoms with Crippen LogP contribution in [0, 0.1) is 11.8 Å². The van der Waals surface area contributed by atoms with Gasteiger partial charge >= 0.3 is 0 Å². The van der Waals surface area contributed by atoms with Crippen molar-refractivity contribution in [2.75, 3.05) is 7.11 Å². The molecule has 0 bridgehead atoms. The summed E-state index contributed by atoms with van der Waals surface area (Å²) in [6.45, 7) is 1.52. The number of halogens is 1. The van der Waals surface area contributed by atoms with E-state index in [2.05, 4.69) is 0 Å². The molecule has 1 saturated carbocycles. The molecule has 2 aromatic carbocycles.